The number of hydrogen-bond acceptors (Lipinski definition) is 3. The monoisotopic (exact) mass is 258 g/mol. The molecule has 0 saturated carbocycles. The van der Waals surface area contributed by atoms with Crippen LogP contribution in [0.3, 0.4) is 0 Å². The maximum atomic E-state index is 7.44. The van der Waals surface area contributed by atoms with Gasteiger partial charge in [0.1, 0.15) is 0 Å². The van der Waals surface area contributed by atoms with Gasteiger partial charge in [-0.3, -0.25) is 10.4 Å². The molecule has 1 aliphatic rings. The molecule has 1 saturated heterocycles. The van der Waals surface area contributed by atoms with Crippen molar-refractivity contribution >= 4 is 0 Å². The summed E-state index contributed by atoms with van der Waals surface area (Å²) in [4.78, 5) is 1.69. The van der Waals surface area contributed by atoms with Crippen LogP contribution < -0.4 is 20.6 Å². The second-order valence-electron chi connectivity index (χ2n) is 4.99. The lowest BCUT2D eigenvalue weighted by Crippen LogP contribution is -2.66. The zero-order valence-electron chi connectivity index (χ0n) is 10.8. The van der Waals surface area contributed by atoms with Crippen molar-refractivity contribution in [2.75, 3.05) is 11.6 Å². The molecule has 3 rings (SSSR count). The minimum absolute atomic E-state index is 0.101. The van der Waals surface area contributed by atoms with Gasteiger partial charge in [0.15, 0.2) is 0 Å². The van der Waals surface area contributed by atoms with Crippen LogP contribution in [0.25, 0.3) is 0 Å². The van der Waals surface area contributed by atoms with Crippen LogP contribution in [0.15, 0.2) is 41.1 Å². The number of nitrogens with zero attached hydrogens (tertiary/aromatic N) is 3. The zero-order chi connectivity index (χ0) is 13.1. The Bertz CT molecular complexity index is 574. The summed E-state index contributed by atoms with van der Waals surface area (Å²) in [7, 11) is 0. The normalized spacial score (nSPS) is 19.6. The number of hydrogen-bond donors (Lipinski definition) is 1. The maximum Gasteiger partial charge on any atom is 0.286 e. The lowest BCUT2D eigenvalue weighted by molar-refractivity contribution is -0.768. The fourth-order valence-corrected chi connectivity index (χ4v) is 2.71. The molecule has 1 aromatic heterocycles. The van der Waals surface area contributed by atoms with E-state index >= 15 is 0 Å². The average Bonchev–Trinajstić information content (AvgIpc) is 2.87. The summed E-state index contributed by atoms with van der Waals surface area (Å²) >= 11 is 0. The zero-order valence-corrected chi connectivity index (χ0v) is 10.8. The number of benzene rings is 1. The van der Waals surface area contributed by atoms with Crippen molar-refractivity contribution < 1.29 is 9.31 Å². The van der Waals surface area contributed by atoms with E-state index in [1.54, 1.807) is 11.0 Å². The first-order chi connectivity index (χ1) is 9.33. The Morgan fingerprint density at radius 2 is 2.16 bits per heavy atom. The van der Waals surface area contributed by atoms with Crippen molar-refractivity contribution in [1.29, 1.82) is 5.41 Å². The smallest absolute Gasteiger partial charge is 0.286 e. The highest BCUT2D eigenvalue weighted by atomic mass is 16.5. The summed E-state index contributed by atoms with van der Waals surface area (Å²) in [6, 6.07) is 10.9. The van der Waals surface area contributed by atoms with Gasteiger partial charge in [-0.05, 0) is 30.1 Å². The first-order valence-corrected chi connectivity index (χ1v) is 6.74. The van der Waals surface area contributed by atoms with Crippen molar-refractivity contribution in [3.05, 3.63) is 47.6 Å². The third-order valence-corrected chi connectivity index (χ3v) is 3.63. The highest BCUT2D eigenvalue weighted by Crippen LogP contribution is 2.17. The van der Waals surface area contributed by atoms with Gasteiger partial charge >= 0.3 is 0 Å². The van der Waals surface area contributed by atoms with Gasteiger partial charge in [-0.25, -0.2) is 0 Å². The van der Waals surface area contributed by atoms with E-state index in [0.717, 1.165) is 19.4 Å². The van der Waals surface area contributed by atoms with Crippen molar-refractivity contribution in [2.24, 2.45) is 0 Å². The summed E-state index contributed by atoms with van der Waals surface area (Å²) < 4.78 is 4.85. The van der Waals surface area contributed by atoms with E-state index in [1.165, 1.54) is 18.4 Å². The molecule has 1 aromatic carbocycles. The second-order valence-corrected chi connectivity index (χ2v) is 4.99. The van der Waals surface area contributed by atoms with Gasteiger partial charge in [0.05, 0.1) is 0 Å². The average molecular weight is 258 g/mol. The third kappa shape index (κ3) is 2.70. The van der Waals surface area contributed by atoms with Gasteiger partial charge in [-0.15, -0.1) is 0 Å². The quantitative estimate of drug-likeness (QED) is 0.826. The molecule has 0 spiro atoms. The van der Waals surface area contributed by atoms with Gasteiger partial charge in [0.25, 0.3) is 11.8 Å². The van der Waals surface area contributed by atoms with Gasteiger partial charge in [0, 0.05) is 12.6 Å². The van der Waals surface area contributed by atoms with Gasteiger partial charge in [-0.2, -0.15) is 0 Å². The number of nitrogens with one attached hydrogen (secondary N) is 1. The van der Waals surface area contributed by atoms with E-state index in [1.807, 2.05) is 6.07 Å². The molecule has 1 fully saturated rings. The summed E-state index contributed by atoms with van der Waals surface area (Å²) in [5, 5.41) is 13.6. The van der Waals surface area contributed by atoms with Crippen LogP contribution in [0.4, 0.5) is 0 Å². The molecule has 1 atom stereocenters. The molecule has 2 aromatic rings. The van der Waals surface area contributed by atoms with Crippen molar-refractivity contribution in [1.82, 2.24) is 5.27 Å². The molecule has 2 heterocycles. The molecule has 1 aliphatic heterocycles. The van der Waals surface area contributed by atoms with Crippen LogP contribution in [-0.2, 0) is 6.42 Å². The Hall–Kier alpha value is -2.04. The molecule has 5 heteroatoms. The predicted molar refractivity (Wildman–Crippen MR) is 68.9 cm³/mol. The van der Waals surface area contributed by atoms with Crippen LogP contribution in [0.2, 0.25) is 0 Å². The maximum absolute atomic E-state index is 7.44. The molecule has 5 nitrogen and oxygen atoms in total. The molecule has 0 bridgehead atoms. The molecule has 0 radical (unpaired) electrons. The van der Waals surface area contributed by atoms with E-state index in [9.17, 15) is 0 Å². The molecule has 19 heavy (non-hydrogen) atoms. The first kappa shape index (κ1) is 12.0. The number of aromatic nitrogens is 2. The minimum Gasteiger partial charge on any atom is -0.380 e. The number of piperidine rings is 1. The molecule has 100 valence electrons. The fraction of sp³-hybridized carbons (Fsp3) is 0.429. The highest BCUT2D eigenvalue weighted by molar-refractivity contribution is 5.17. The van der Waals surface area contributed by atoms with Gasteiger partial charge in [-0.1, -0.05) is 41.5 Å². The highest BCUT2D eigenvalue weighted by Gasteiger charge is 2.23. The Kier molecular flexibility index (Phi) is 3.35. The van der Waals surface area contributed by atoms with Crippen molar-refractivity contribution in [3.63, 3.8) is 0 Å². The topological polar surface area (TPSA) is 58.2 Å². The second kappa shape index (κ2) is 5.30. The Morgan fingerprint density at radius 3 is 2.89 bits per heavy atom. The van der Waals surface area contributed by atoms with Crippen molar-refractivity contribution in [2.45, 2.75) is 31.7 Å². The molecule has 1 unspecified atom stereocenters. The molecule has 0 aliphatic carbocycles. The van der Waals surface area contributed by atoms with E-state index in [2.05, 4.69) is 34.5 Å². The summed E-state index contributed by atoms with van der Waals surface area (Å²) in [6.45, 7) is 0.966. The van der Waals surface area contributed by atoms with E-state index in [0.29, 0.717) is 6.04 Å². The van der Waals surface area contributed by atoms with Crippen LogP contribution in [0.5, 0.6) is 0 Å². The van der Waals surface area contributed by atoms with Crippen LogP contribution in [-0.4, -0.2) is 12.6 Å². The minimum atomic E-state index is 0.101. The molecular weight excluding hydrogens is 240 g/mol. The SMILES string of the molecule is N=c1c[n+](N2CCCCC2Cc2ccccc2)[n-]o1. The predicted octanol–water partition coefficient (Wildman–Crippen LogP) is 0.737. The van der Waals surface area contributed by atoms with Crippen molar-refractivity contribution in [3.8, 4) is 0 Å². The summed E-state index contributed by atoms with van der Waals surface area (Å²) in [5.74, 6) is 0. The standard InChI is InChI=1S/C14H18N4O/c15-14-11-18(16-19-14)17-9-5-4-8-13(17)10-12-6-2-1-3-7-12/h1-3,6-7,11,13,15H,4-5,8-10H2. The largest absolute Gasteiger partial charge is 0.380 e. The first-order valence-electron chi connectivity index (χ1n) is 6.74. The molecule has 0 amide bonds. The summed E-state index contributed by atoms with van der Waals surface area (Å²) in [6.07, 6.45) is 6.21. The lowest BCUT2D eigenvalue weighted by atomic mass is 9.97. The van der Waals surface area contributed by atoms with E-state index in [4.69, 9.17) is 9.93 Å². The van der Waals surface area contributed by atoms with E-state index < -0.39 is 0 Å². The fourth-order valence-electron chi connectivity index (χ4n) is 2.71. The van der Waals surface area contributed by atoms with Gasteiger partial charge in [0.2, 0.25) is 0 Å². The number of rotatable bonds is 3. The lowest BCUT2D eigenvalue weighted by Gasteiger charge is -2.36. The Balaban J connectivity index is 1.79. The summed E-state index contributed by atoms with van der Waals surface area (Å²) in [5.41, 5.74) is 1.44. The van der Waals surface area contributed by atoms with Crippen LogP contribution in [0, 0.1) is 5.41 Å². The Morgan fingerprint density at radius 1 is 1.32 bits per heavy atom. The van der Waals surface area contributed by atoms with Crippen LogP contribution >= 0.6 is 0 Å². The van der Waals surface area contributed by atoms with Crippen LogP contribution in [0.1, 0.15) is 24.8 Å². The molecule has 1 N–H and O–H groups in total. The van der Waals surface area contributed by atoms with E-state index in [-0.39, 0.29) is 5.55 Å². The van der Waals surface area contributed by atoms with Gasteiger partial charge < -0.3 is 4.52 Å². The Labute approximate surface area is 111 Å². The third-order valence-electron chi connectivity index (χ3n) is 3.63. The molecular formula is C14H18N4O.